The molecule has 0 saturated carbocycles. The van der Waals surface area contributed by atoms with E-state index in [1.807, 2.05) is 35.1 Å². The van der Waals surface area contributed by atoms with E-state index in [0.29, 0.717) is 0 Å². The summed E-state index contributed by atoms with van der Waals surface area (Å²) in [5, 5.41) is 7.78. The highest BCUT2D eigenvalue weighted by Crippen LogP contribution is 2.18. The summed E-state index contributed by atoms with van der Waals surface area (Å²) in [5.74, 6) is 0. The summed E-state index contributed by atoms with van der Waals surface area (Å²) < 4.78 is 1.88. The smallest absolute Gasteiger partial charge is 0.0876 e. The molecule has 0 spiro atoms. The van der Waals surface area contributed by atoms with Crippen LogP contribution in [0.3, 0.4) is 0 Å². The van der Waals surface area contributed by atoms with Crippen LogP contribution < -0.4 is 5.32 Å². The maximum absolute atomic E-state index is 4.29. The van der Waals surface area contributed by atoms with Crippen LogP contribution in [0.5, 0.6) is 0 Å². The maximum atomic E-state index is 4.29. The second-order valence-electron chi connectivity index (χ2n) is 4.63. The number of benzene rings is 2. The third kappa shape index (κ3) is 2.88. The maximum Gasteiger partial charge on any atom is 0.0876 e. The second-order valence-corrected chi connectivity index (χ2v) is 4.63. The van der Waals surface area contributed by atoms with Gasteiger partial charge in [0.2, 0.25) is 0 Å². The van der Waals surface area contributed by atoms with E-state index in [1.54, 1.807) is 6.20 Å². The molecule has 3 heteroatoms. The summed E-state index contributed by atoms with van der Waals surface area (Å²) in [6, 6.07) is 20.7. The molecule has 0 aliphatic carbocycles. The van der Waals surface area contributed by atoms with Crippen LogP contribution in [0, 0.1) is 0 Å². The molecule has 3 rings (SSSR count). The molecule has 3 nitrogen and oxygen atoms in total. The van der Waals surface area contributed by atoms with Gasteiger partial charge in [-0.15, -0.1) is 0 Å². The first kappa shape index (κ1) is 12.5. The Bertz CT molecular complexity index is 645. The topological polar surface area (TPSA) is 29.9 Å². The van der Waals surface area contributed by atoms with Gasteiger partial charge in [-0.2, -0.15) is 5.10 Å². The summed E-state index contributed by atoms with van der Waals surface area (Å²) >= 11 is 0. The van der Waals surface area contributed by atoms with Crippen molar-refractivity contribution in [3.05, 3.63) is 78.6 Å². The average molecular weight is 263 g/mol. The number of para-hydroxylation sites is 2. The lowest BCUT2D eigenvalue weighted by molar-refractivity contribution is 0.878. The molecular formula is C17H17N3. The summed E-state index contributed by atoms with van der Waals surface area (Å²) in [7, 11) is 0. The molecule has 0 saturated heterocycles. The van der Waals surface area contributed by atoms with Crippen molar-refractivity contribution in [2.45, 2.75) is 6.42 Å². The van der Waals surface area contributed by atoms with Gasteiger partial charge in [0.1, 0.15) is 0 Å². The zero-order valence-corrected chi connectivity index (χ0v) is 11.2. The van der Waals surface area contributed by atoms with E-state index in [9.17, 15) is 0 Å². The van der Waals surface area contributed by atoms with E-state index < -0.39 is 0 Å². The van der Waals surface area contributed by atoms with Gasteiger partial charge in [0.15, 0.2) is 0 Å². The Hall–Kier alpha value is -2.55. The number of anilines is 1. The van der Waals surface area contributed by atoms with Gasteiger partial charge in [0.25, 0.3) is 0 Å². The molecule has 0 aliphatic heterocycles. The van der Waals surface area contributed by atoms with Crippen molar-refractivity contribution in [1.82, 2.24) is 9.78 Å². The van der Waals surface area contributed by atoms with Crippen molar-refractivity contribution >= 4 is 5.69 Å². The van der Waals surface area contributed by atoms with E-state index in [2.05, 4.69) is 46.8 Å². The highest BCUT2D eigenvalue weighted by molar-refractivity contribution is 5.60. The first-order valence-electron chi connectivity index (χ1n) is 6.80. The summed E-state index contributed by atoms with van der Waals surface area (Å²) in [6.45, 7) is 0.905. The zero-order valence-electron chi connectivity index (χ0n) is 11.2. The Morgan fingerprint density at radius 1 is 0.900 bits per heavy atom. The molecule has 0 fully saturated rings. The number of aromatic nitrogens is 2. The number of rotatable bonds is 5. The monoisotopic (exact) mass is 263 g/mol. The van der Waals surface area contributed by atoms with Crippen molar-refractivity contribution in [1.29, 1.82) is 0 Å². The van der Waals surface area contributed by atoms with Crippen molar-refractivity contribution in [3.8, 4) is 5.69 Å². The van der Waals surface area contributed by atoms with Crippen LogP contribution >= 0.6 is 0 Å². The molecule has 0 aliphatic rings. The minimum atomic E-state index is 0.905. The van der Waals surface area contributed by atoms with Gasteiger partial charge in [-0.1, -0.05) is 42.5 Å². The lowest BCUT2D eigenvalue weighted by atomic mass is 10.1. The molecule has 0 bridgehead atoms. The van der Waals surface area contributed by atoms with Gasteiger partial charge in [0, 0.05) is 18.9 Å². The summed E-state index contributed by atoms with van der Waals surface area (Å²) in [5.41, 5.74) is 3.52. The van der Waals surface area contributed by atoms with Crippen LogP contribution in [0.25, 0.3) is 5.69 Å². The third-order valence-electron chi connectivity index (χ3n) is 3.23. The standard InChI is InChI=1S/C17H17N3/c1-2-7-15(8-3-1)11-13-18-16-9-4-5-10-17(16)20-14-6-12-19-20/h1-10,12,14,18H,11,13H2. The van der Waals surface area contributed by atoms with Gasteiger partial charge in [-0.05, 0) is 30.2 Å². The summed E-state index contributed by atoms with van der Waals surface area (Å²) in [6.07, 6.45) is 4.76. The number of hydrogen-bond acceptors (Lipinski definition) is 2. The zero-order chi connectivity index (χ0) is 13.6. The molecule has 100 valence electrons. The van der Waals surface area contributed by atoms with Crippen molar-refractivity contribution in [3.63, 3.8) is 0 Å². The fourth-order valence-corrected chi connectivity index (χ4v) is 2.22. The average Bonchev–Trinajstić information content (AvgIpc) is 3.03. The molecule has 20 heavy (non-hydrogen) atoms. The number of nitrogens with zero attached hydrogens (tertiary/aromatic N) is 2. The molecule has 1 N–H and O–H groups in total. The molecular weight excluding hydrogens is 246 g/mol. The second kappa shape index (κ2) is 6.06. The van der Waals surface area contributed by atoms with Gasteiger partial charge >= 0.3 is 0 Å². The third-order valence-corrected chi connectivity index (χ3v) is 3.23. The van der Waals surface area contributed by atoms with Crippen LogP contribution in [-0.2, 0) is 6.42 Å². The Morgan fingerprint density at radius 3 is 2.50 bits per heavy atom. The van der Waals surface area contributed by atoms with E-state index in [1.165, 1.54) is 5.56 Å². The Balaban J connectivity index is 1.69. The molecule has 2 aromatic carbocycles. The Morgan fingerprint density at radius 2 is 1.70 bits per heavy atom. The highest BCUT2D eigenvalue weighted by atomic mass is 15.3. The fraction of sp³-hybridized carbons (Fsp3) is 0.118. The predicted octanol–water partition coefficient (Wildman–Crippen LogP) is 3.53. The highest BCUT2D eigenvalue weighted by Gasteiger charge is 2.03. The number of hydrogen-bond donors (Lipinski definition) is 1. The van der Waals surface area contributed by atoms with Gasteiger partial charge in [-0.25, -0.2) is 4.68 Å². The van der Waals surface area contributed by atoms with Crippen LogP contribution in [0.4, 0.5) is 5.69 Å². The van der Waals surface area contributed by atoms with Crippen LogP contribution in [-0.4, -0.2) is 16.3 Å². The number of nitrogens with one attached hydrogen (secondary N) is 1. The molecule has 3 aromatic rings. The van der Waals surface area contributed by atoms with Crippen molar-refractivity contribution in [2.75, 3.05) is 11.9 Å². The van der Waals surface area contributed by atoms with E-state index in [0.717, 1.165) is 24.3 Å². The fourth-order valence-electron chi connectivity index (χ4n) is 2.22. The predicted molar refractivity (Wildman–Crippen MR) is 82.2 cm³/mol. The lowest BCUT2D eigenvalue weighted by Crippen LogP contribution is -2.08. The quantitative estimate of drug-likeness (QED) is 0.763. The normalized spacial score (nSPS) is 10.4. The van der Waals surface area contributed by atoms with Gasteiger partial charge < -0.3 is 5.32 Å². The molecule has 0 amide bonds. The Kier molecular flexibility index (Phi) is 3.78. The Labute approximate surface area is 118 Å². The minimum absolute atomic E-state index is 0.905. The first-order valence-corrected chi connectivity index (χ1v) is 6.80. The van der Waals surface area contributed by atoms with Crippen LogP contribution in [0.1, 0.15) is 5.56 Å². The van der Waals surface area contributed by atoms with E-state index in [-0.39, 0.29) is 0 Å². The molecule has 0 radical (unpaired) electrons. The largest absolute Gasteiger partial charge is 0.383 e. The minimum Gasteiger partial charge on any atom is -0.383 e. The van der Waals surface area contributed by atoms with Gasteiger partial charge in [0.05, 0.1) is 11.4 Å². The van der Waals surface area contributed by atoms with Crippen LogP contribution in [0.2, 0.25) is 0 Å². The SMILES string of the molecule is c1ccc(CCNc2ccccc2-n2cccn2)cc1. The molecule has 1 heterocycles. The first-order chi connectivity index (χ1) is 9.93. The molecule has 1 aromatic heterocycles. The summed E-state index contributed by atoms with van der Waals surface area (Å²) in [4.78, 5) is 0. The van der Waals surface area contributed by atoms with Crippen molar-refractivity contribution in [2.24, 2.45) is 0 Å². The van der Waals surface area contributed by atoms with Crippen molar-refractivity contribution < 1.29 is 0 Å². The molecule has 0 unspecified atom stereocenters. The van der Waals surface area contributed by atoms with E-state index in [4.69, 9.17) is 0 Å². The van der Waals surface area contributed by atoms with E-state index >= 15 is 0 Å². The molecule has 0 atom stereocenters. The lowest BCUT2D eigenvalue weighted by Gasteiger charge is -2.12. The van der Waals surface area contributed by atoms with Gasteiger partial charge in [-0.3, -0.25) is 0 Å². The van der Waals surface area contributed by atoms with Crippen LogP contribution in [0.15, 0.2) is 73.1 Å².